The lowest BCUT2D eigenvalue weighted by Gasteiger charge is -2.61. The van der Waals surface area contributed by atoms with Crippen molar-refractivity contribution < 1.29 is 9.90 Å². The maximum absolute atomic E-state index is 10.9. The molecule has 0 radical (unpaired) electrons. The maximum Gasteiger partial charge on any atom is 0.0419 e. The fourth-order valence-electron chi connectivity index (χ4n) is 5.44. The van der Waals surface area contributed by atoms with Crippen LogP contribution < -0.4 is 5.11 Å². The van der Waals surface area contributed by atoms with E-state index >= 15 is 0 Å². The summed E-state index contributed by atoms with van der Waals surface area (Å²) in [6, 6.07) is 0. The van der Waals surface area contributed by atoms with Gasteiger partial charge in [-0.15, -0.1) is 0 Å². The van der Waals surface area contributed by atoms with Crippen molar-refractivity contribution in [1.82, 2.24) is 0 Å². The highest BCUT2D eigenvalue weighted by Crippen LogP contribution is 2.66. The number of hydrogen-bond donors (Lipinski definition) is 0. The summed E-state index contributed by atoms with van der Waals surface area (Å²) in [6.45, 7) is 2.37. The molecular weight excluding hydrogens is 188 g/mol. The van der Waals surface area contributed by atoms with Gasteiger partial charge < -0.3 is 9.90 Å². The average molecular weight is 207 g/mol. The molecule has 2 nitrogen and oxygen atoms in total. The van der Waals surface area contributed by atoms with E-state index in [2.05, 4.69) is 6.92 Å². The third kappa shape index (κ3) is 1.49. The topological polar surface area (TPSA) is 40.1 Å². The fraction of sp³-hybridized carbons (Fsp3) is 0.923. The molecule has 4 fully saturated rings. The maximum atomic E-state index is 10.9. The molecule has 0 N–H and O–H groups in total. The van der Waals surface area contributed by atoms with Crippen LogP contribution in [0.5, 0.6) is 0 Å². The number of carbonyl (C=O) groups excluding carboxylic acids is 1. The third-order valence-electron chi connectivity index (χ3n) is 4.99. The molecule has 0 aromatic heterocycles. The molecule has 0 heterocycles. The number of carboxylic acids is 1. The van der Waals surface area contributed by atoms with E-state index in [1.54, 1.807) is 0 Å². The van der Waals surface area contributed by atoms with Crippen LogP contribution in [0.3, 0.4) is 0 Å². The van der Waals surface area contributed by atoms with Gasteiger partial charge in [-0.05, 0) is 67.6 Å². The zero-order valence-electron chi connectivity index (χ0n) is 9.42. The monoisotopic (exact) mass is 207 g/mol. The second-order valence-corrected chi connectivity index (χ2v) is 6.82. The highest BCUT2D eigenvalue weighted by Gasteiger charge is 2.55. The van der Waals surface area contributed by atoms with E-state index in [1.165, 1.54) is 19.3 Å². The first-order valence-corrected chi connectivity index (χ1v) is 6.19. The Morgan fingerprint density at radius 1 is 1.27 bits per heavy atom. The molecule has 0 aromatic carbocycles. The summed E-state index contributed by atoms with van der Waals surface area (Å²) in [7, 11) is 0. The number of carbonyl (C=O) groups is 1. The van der Waals surface area contributed by atoms with Gasteiger partial charge in [-0.25, -0.2) is 0 Å². The second kappa shape index (κ2) is 2.78. The molecule has 0 aromatic rings. The summed E-state index contributed by atoms with van der Waals surface area (Å²) >= 11 is 0. The van der Waals surface area contributed by atoms with E-state index in [1.807, 2.05) is 0 Å². The highest BCUT2D eigenvalue weighted by molar-refractivity contribution is 5.65. The fourth-order valence-corrected chi connectivity index (χ4v) is 5.44. The number of carboxylic acid groups (broad SMARTS) is 1. The molecule has 84 valence electrons. The Labute approximate surface area is 91.1 Å². The van der Waals surface area contributed by atoms with Gasteiger partial charge in [0.15, 0.2) is 0 Å². The van der Waals surface area contributed by atoms with Crippen LogP contribution in [0.15, 0.2) is 0 Å². The van der Waals surface area contributed by atoms with E-state index in [9.17, 15) is 9.90 Å². The molecule has 4 rings (SSSR count). The Morgan fingerprint density at radius 2 is 1.87 bits per heavy atom. The summed E-state index contributed by atoms with van der Waals surface area (Å²) in [5.41, 5.74) is 0.581. The van der Waals surface area contributed by atoms with Gasteiger partial charge in [0, 0.05) is 5.97 Å². The van der Waals surface area contributed by atoms with E-state index in [4.69, 9.17) is 0 Å². The Hall–Kier alpha value is -0.530. The van der Waals surface area contributed by atoms with Gasteiger partial charge in [-0.1, -0.05) is 6.92 Å². The lowest BCUT2D eigenvalue weighted by Crippen LogP contribution is -2.52. The first-order chi connectivity index (χ1) is 6.99. The van der Waals surface area contributed by atoms with E-state index < -0.39 is 5.97 Å². The first kappa shape index (κ1) is 9.68. The summed E-state index contributed by atoms with van der Waals surface area (Å²) in [5.74, 6) is 0.798. The molecule has 0 saturated heterocycles. The molecule has 2 atom stereocenters. The van der Waals surface area contributed by atoms with Gasteiger partial charge in [0.25, 0.3) is 0 Å². The number of rotatable bonds is 2. The van der Waals surface area contributed by atoms with Crippen molar-refractivity contribution in [3.05, 3.63) is 0 Å². The van der Waals surface area contributed by atoms with Gasteiger partial charge in [0.2, 0.25) is 0 Å². The second-order valence-electron chi connectivity index (χ2n) is 6.82. The van der Waals surface area contributed by atoms with E-state index in [0.29, 0.717) is 11.8 Å². The van der Waals surface area contributed by atoms with Gasteiger partial charge in [-0.2, -0.15) is 0 Å². The van der Waals surface area contributed by atoms with Crippen molar-refractivity contribution in [3.63, 3.8) is 0 Å². The quantitative estimate of drug-likeness (QED) is 0.692. The van der Waals surface area contributed by atoms with Crippen LogP contribution in [0.2, 0.25) is 0 Å². The molecule has 0 amide bonds. The standard InChI is InChI=1S/C13H20O2/c1-12-3-9-2-10(4-12)6-13(5-9,8-12)7-11(14)15/h9-10H,2-8H2,1H3,(H,14,15)/p-1. The van der Waals surface area contributed by atoms with Crippen molar-refractivity contribution in [2.75, 3.05) is 0 Å². The summed E-state index contributed by atoms with van der Waals surface area (Å²) in [6.07, 6.45) is 7.83. The third-order valence-corrected chi connectivity index (χ3v) is 4.99. The highest BCUT2D eigenvalue weighted by atomic mass is 16.4. The lowest BCUT2D eigenvalue weighted by atomic mass is 9.44. The van der Waals surface area contributed by atoms with E-state index in [-0.39, 0.29) is 5.41 Å². The Morgan fingerprint density at radius 3 is 2.33 bits per heavy atom. The molecule has 4 aliphatic carbocycles. The van der Waals surface area contributed by atoms with Crippen LogP contribution in [0.1, 0.15) is 51.9 Å². The van der Waals surface area contributed by atoms with Crippen molar-refractivity contribution >= 4 is 5.97 Å². The predicted molar refractivity (Wildman–Crippen MR) is 54.8 cm³/mol. The van der Waals surface area contributed by atoms with Crippen molar-refractivity contribution in [2.45, 2.75) is 51.9 Å². The number of hydrogen-bond acceptors (Lipinski definition) is 2. The van der Waals surface area contributed by atoms with Gasteiger partial charge in [0.1, 0.15) is 0 Å². The summed E-state index contributed by atoms with van der Waals surface area (Å²) < 4.78 is 0. The molecule has 4 aliphatic rings. The number of aliphatic carboxylic acids is 1. The molecule has 2 heteroatoms. The largest absolute Gasteiger partial charge is 0.550 e. The molecule has 15 heavy (non-hydrogen) atoms. The van der Waals surface area contributed by atoms with Crippen LogP contribution in [-0.2, 0) is 4.79 Å². The van der Waals surface area contributed by atoms with Crippen LogP contribution in [-0.4, -0.2) is 5.97 Å². The van der Waals surface area contributed by atoms with Gasteiger partial charge >= 0.3 is 0 Å². The minimum absolute atomic E-state index is 0.123. The van der Waals surface area contributed by atoms with Crippen molar-refractivity contribution in [2.24, 2.45) is 22.7 Å². The molecule has 0 aliphatic heterocycles. The first-order valence-electron chi connectivity index (χ1n) is 6.19. The molecule has 4 bridgehead atoms. The van der Waals surface area contributed by atoms with Crippen LogP contribution >= 0.6 is 0 Å². The lowest BCUT2D eigenvalue weighted by molar-refractivity contribution is -0.310. The van der Waals surface area contributed by atoms with Gasteiger partial charge in [-0.3, -0.25) is 0 Å². The average Bonchev–Trinajstić information content (AvgIpc) is 1.94. The van der Waals surface area contributed by atoms with Crippen LogP contribution in [0, 0.1) is 22.7 Å². The molecular formula is C13H19O2-. The zero-order chi connectivity index (χ0) is 10.7. The van der Waals surface area contributed by atoms with Crippen molar-refractivity contribution in [1.29, 1.82) is 0 Å². The minimum atomic E-state index is -0.833. The molecule has 4 saturated carbocycles. The van der Waals surface area contributed by atoms with Crippen molar-refractivity contribution in [3.8, 4) is 0 Å². The van der Waals surface area contributed by atoms with Crippen LogP contribution in [0.25, 0.3) is 0 Å². The Balaban J connectivity index is 1.89. The Bertz CT molecular complexity index is 294. The van der Waals surface area contributed by atoms with E-state index in [0.717, 1.165) is 31.1 Å². The SMILES string of the molecule is CC12CC3CC(C1)CC(CC(=O)[O-])(C3)C2. The Kier molecular flexibility index (Phi) is 1.79. The smallest absolute Gasteiger partial charge is 0.0419 e. The molecule has 0 spiro atoms. The zero-order valence-corrected chi connectivity index (χ0v) is 9.42. The summed E-state index contributed by atoms with van der Waals surface area (Å²) in [4.78, 5) is 10.9. The minimum Gasteiger partial charge on any atom is -0.550 e. The van der Waals surface area contributed by atoms with Crippen LogP contribution in [0.4, 0.5) is 0 Å². The summed E-state index contributed by atoms with van der Waals surface area (Å²) in [5, 5.41) is 10.9. The predicted octanol–water partition coefficient (Wildman–Crippen LogP) is 1.73. The normalized spacial score (nSPS) is 52.1. The molecule has 2 unspecified atom stereocenters. The van der Waals surface area contributed by atoms with Gasteiger partial charge in [0.05, 0.1) is 0 Å².